The Hall–Kier alpha value is -2.20. The molecule has 0 aromatic heterocycles. The maximum absolute atomic E-state index is 13.9. The molecule has 0 spiro atoms. The van der Waals surface area contributed by atoms with E-state index in [2.05, 4.69) is 10.1 Å². The molecule has 10 heteroatoms. The smallest absolute Gasteiger partial charge is 0.407 e. The van der Waals surface area contributed by atoms with Gasteiger partial charge in [0.15, 0.2) is 0 Å². The lowest BCUT2D eigenvalue weighted by molar-refractivity contribution is -0.135. The molecule has 156 valence electrons. The number of hydrogen-bond acceptors (Lipinski definition) is 5. The number of alkyl carbamates (subject to hydrolysis) is 1. The molecule has 1 aliphatic heterocycles. The van der Waals surface area contributed by atoms with Gasteiger partial charge in [-0.15, -0.1) is 0 Å². The number of benzene rings is 1. The monoisotopic (exact) mass is 415 g/mol. The average Bonchev–Trinajstić information content (AvgIpc) is 2.66. The van der Waals surface area contributed by atoms with Gasteiger partial charge in [0, 0.05) is 26.2 Å². The third-order valence-electron chi connectivity index (χ3n) is 4.49. The summed E-state index contributed by atoms with van der Waals surface area (Å²) in [7, 11) is -2.75. The molecule has 1 N–H and O–H groups in total. The molecule has 1 atom stereocenters. The van der Waals surface area contributed by atoms with Crippen molar-refractivity contribution < 1.29 is 27.1 Å². The number of piperazine rings is 1. The second kappa shape index (κ2) is 9.33. The molecule has 0 saturated carbocycles. The number of halogens is 1. The van der Waals surface area contributed by atoms with Crippen molar-refractivity contribution in [1.29, 1.82) is 0 Å². The predicted molar refractivity (Wildman–Crippen MR) is 101 cm³/mol. The Morgan fingerprint density at radius 2 is 1.79 bits per heavy atom. The van der Waals surface area contributed by atoms with Gasteiger partial charge < -0.3 is 15.0 Å². The van der Waals surface area contributed by atoms with Crippen LogP contribution in [0, 0.1) is 11.7 Å². The zero-order chi connectivity index (χ0) is 20.9. The topological polar surface area (TPSA) is 96.0 Å². The minimum absolute atomic E-state index is 0.0506. The van der Waals surface area contributed by atoms with Gasteiger partial charge in [0.05, 0.1) is 7.11 Å². The highest BCUT2D eigenvalue weighted by Crippen LogP contribution is 2.21. The molecule has 1 saturated heterocycles. The number of rotatable bonds is 6. The summed E-state index contributed by atoms with van der Waals surface area (Å²) in [4.78, 5) is 25.5. The van der Waals surface area contributed by atoms with Crippen molar-refractivity contribution in [2.75, 3.05) is 33.3 Å². The lowest BCUT2D eigenvalue weighted by Crippen LogP contribution is -2.56. The normalized spacial score (nSPS) is 16.7. The van der Waals surface area contributed by atoms with Crippen molar-refractivity contribution in [1.82, 2.24) is 14.5 Å². The molecule has 1 heterocycles. The van der Waals surface area contributed by atoms with E-state index >= 15 is 0 Å². The van der Waals surface area contributed by atoms with Crippen LogP contribution in [0.5, 0.6) is 0 Å². The standard InChI is InChI=1S/C18H26FN3O5S/c1-13(2)12-15(20-18(24)27-3)17(23)21-8-10-22(11-9-21)28(25,26)16-7-5-4-6-14(16)19/h4-7,13,15H,8-12H2,1-3H3,(H,20,24). The highest BCUT2D eigenvalue weighted by Gasteiger charge is 2.34. The molecule has 2 rings (SSSR count). The molecule has 1 unspecified atom stereocenters. The van der Waals surface area contributed by atoms with Gasteiger partial charge in [-0.2, -0.15) is 4.31 Å². The molecule has 2 amide bonds. The lowest BCUT2D eigenvalue weighted by atomic mass is 10.0. The Morgan fingerprint density at radius 1 is 1.18 bits per heavy atom. The van der Waals surface area contributed by atoms with E-state index in [1.165, 1.54) is 34.5 Å². The van der Waals surface area contributed by atoms with Crippen LogP contribution >= 0.6 is 0 Å². The van der Waals surface area contributed by atoms with Gasteiger partial charge >= 0.3 is 6.09 Å². The summed E-state index contributed by atoms with van der Waals surface area (Å²) in [6, 6.07) is 4.46. The fourth-order valence-corrected chi connectivity index (χ4v) is 4.54. The second-order valence-corrected chi connectivity index (χ2v) is 8.88. The van der Waals surface area contributed by atoms with Crippen LogP contribution in [0.3, 0.4) is 0 Å². The van der Waals surface area contributed by atoms with Crippen molar-refractivity contribution in [3.05, 3.63) is 30.1 Å². The van der Waals surface area contributed by atoms with E-state index in [-0.39, 0.29) is 42.9 Å². The van der Waals surface area contributed by atoms with Gasteiger partial charge in [0.25, 0.3) is 0 Å². The molecule has 0 radical (unpaired) electrons. The van der Waals surface area contributed by atoms with Gasteiger partial charge in [-0.1, -0.05) is 26.0 Å². The Kier molecular flexibility index (Phi) is 7.36. The summed E-state index contributed by atoms with van der Waals surface area (Å²) in [6.07, 6.45) is -0.262. The van der Waals surface area contributed by atoms with Crippen LogP contribution in [0.4, 0.5) is 9.18 Å². The minimum atomic E-state index is -3.97. The quantitative estimate of drug-likeness (QED) is 0.758. The highest BCUT2D eigenvalue weighted by atomic mass is 32.2. The van der Waals surface area contributed by atoms with Crippen LogP contribution in [-0.2, 0) is 19.6 Å². The first-order chi connectivity index (χ1) is 13.2. The Labute approximate surface area is 164 Å². The number of sulfonamides is 1. The molecule has 0 bridgehead atoms. The van der Waals surface area contributed by atoms with Crippen LogP contribution in [0.1, 0.15) is 20.3 Å². The largest absolute Gasteiger partial charge is 0.453 e. The number of nitrogens with one attached hydrogen (secondary N) is 1. The van der Waals surface area contributed by atoms with Crippen molar-refractivity contribution >= 4 is 22.0 Å². The number of amides is 2. The average molecular weight is 415 g/mol. The van der Waals surface area contributed by atoms with Crippen molar-refractivity contribution in [2.45, 2.75) is 31.2 Å². The number of hydrogen-bond donors (Lipinski definition) is 1. The van der Waals surface area contributed by atoms with Gasteiger partial charge in [-0.25, -0.2) is 17.6 Å². The summed E-state index contributed by atoms with van der Waals surface area (Å²) < 4.78 is 45.0. The van der Waals surface area contributed by atoms with Crippen molar-refractivity contribution in [3.8, 4) is 0 Å². The number of carbonyl (C=O) groups is 2. The molecule has 8 nitrogen and oxygen atoms in total. The molecule has 1 aromatic carbocycles. The van der Waals surface area contributed by atoms with E-state index in [0.717, 1.165) is 6.07 Å². The van der Waals surface area contributed by atoms with E-state index in [0.29, 0.717) is 6.42 Å². The minimum Gasteiger partial charge on any atom is -0.453 e. The maximum atomic E-state index is 13.9. The van der Waals surface area contributed by atoms with Crippen LogP contribution < -0.4 is 5.32 Å². The zero-order valence-corrected chi connectivity index (χ0v) is 17.0. The summed E-state index contributed by atoms with van der Waals surface area (Å²) in [5.74, 6) is -0.934. The SMILES string of the molecule is COC(=O)NC(CC(C)C)C(=O)N1CCN(S(=O)(=O)c2ccccc2F)CC1. The van der Waals surface area contributed by atoms with Gasteiger partial charge in [0.1, 0.15) is 16.8 Å². The molecule has 1 aromatic rings. The van der Waals surface area contributed by atoms with Crippen molar-refractivity contribution in [3.63, 3.8) is 0 Å². The third kappa shape index (κ3) is 5.20. The molecular formula is C18H26FN3O5S. The molecule has 28 heavy (non-hydrogen) atoms. The first-order valence-electron chi connectivity index (χ1n) is 9.04. The lowest BCUT2D eigenvalue weighted by Gasteiger charge is -2.36. The predicted octanol–water partition coefficient (Wildman–Crippen LogP) is 1.43. The number of nitrogens with zero attached hydrogens (tertiary/aromatic N) is 2. The zero-order valence-electron chi connectivity index (χ0n) is 16.2. The van der Waals surface area contributed by atoms with Crippen molar-refractivity contribution in [2.24, 2.45) is 5.92 Å². The second-order valence-electron chi connectivity index (χ2n) is 6.98. The molecule has 1 aliphatic rings. The number of carbonyl (C=O) groups excluding carboxylic acids is 2. The van der Waals surface area contributed by atoms with Crippen LogP contribution in [-0.4, -0.2) is 69.0 Å². The first kappa shape index (κ1) is 22.1. The van der Waals surface area contributed by atoms with E-state index in [1.54, 1.807) is 0 Å². The van der Waals surface area contributed by atoms with E-state index in [1.807, 2.05) is 13.8 Å². The number of ether oxygens (including phenoxy) is 1. The Bertz CT molecular complexity index is 807. The number of methoxy groups -OCH3 is 1. The van der Waals surface area contributed by atoms with Gasteiger partial charge in [0.2, 0.25) is 15.9 Å². The highest BCUT2D eigenvalue weighted by molar-refractivity contribution is 7.89. The summed E-state index contributed by atoms with van der Waals surface area (Å²) in [5, 5.41) is 2.54. The summed E-state index contributed by atoms with van der Waals surface area (Å²) in [5.41, 5.74) is 0. The summed E-state index contributed by atoms with van der Waals surface area (Å²) >= 11 is 0. The molecular weight excluding hydrogens is 389 g/mol. The van der Waals surface area contributed by atoms with E-state index in [4.69, 9.17) is 0 Å². The van der Waals surface area contributed by atoms with Crippen LogP contribution in [0.15, 0.2) is 29.2 Å². The third-order valence-corrected chi connectivity index (χ3v) is 6.42. The van der Waals surface area contributed by atoms with Gasteiger partial charge in [-0.05, 0) is 24.5 Å². The maximum Gasteiger partial charge on any atom is 0.407 e. The fourth-order valence-electron chi connectivity index (χ4n) is 3.06. The van der Waals surface area contributed by atoms with Crippen LogP contribution in [0.25, 0.3) is 0 Å². The molecule has 1 fully saturated rings. The fraction of sp³-hybridized carbons (Fsp3) is 0.556. The first-order valence-corrected chi connectivity index (χ1v) is 10.5. The molecule has 0 aliphatic carbocycles. The van der Waals surface area contributed by atoms with E-state index < -0.39 is 28.0 Å². The van der Waals surface area contributed by atoms with Gasteiger partial charge in [-0.3, -0.25) is 4.79 Å². The van der Waals surface area contributed by atoms with Crippen LogP contribution in [0.2, 0.25) is 0 Å². The Balaban J connectivity index is 2.06. The Morgan fingerprint density at radius 3 is 2.32 bits per heavy atom. The van der Waals surface area contributed by atoms with E-state index in [9.17, 15) is 22.4 Å². The summed E-state index contributed by atoms with van der Waals surface area (Å²) in [6.45, 7) is 4.27.